The van der Waals surface area contributed by atoms with E-state index in [1.165, 1.54) is 18.3 Å². The van der Waals surface area contributed by atoms with Gasteiger partial charge in [0.05, 0.1) is 11.3 Å². The minimum Gasteiger partial charge on any atom is -0.350 e. The molecule has 1 fully saturated rings. The van der Waals surface area contributed by atoms with Crippen LogP contribution in [-0.4, -0.2) is 41.3 Å². The average molecular weight is 341 g/mol. The van der Waals surface area contributed by atoms with Gasteiger partial charge in [-0.3, -0.25) is 14.6 Å². The number of halogens is 1. The second-order valence-corrected chi connectivity index (χ2v) is 6.04. The van der Waals surface area contributed by atoms with E-state index in [4.69, 9.17) is 0 Å². The molecule has 3 rings (SSSR count). The van der Waals surface area contributed by atoms with Crippen LogP contribution in [0.4, 0.5) is 4.39 Å². The molecule has 25 heavy (non-hydrogen) atoms. The molecule has 2 amide bonds. The van der Waals surface area contributed by atoms with Crippen molar-refractivity contribution in [2.75, 3.05) is 19.6 Å². The SMILES string of the molecule is O=C(NCCN1CCCCC1=O)c1ccc(-c2cccc(F)c2)nc1. The summed E-state index contributed by atoms with van der Waals surface area (Å²) >= 11 is 0. The number of carbonyl (C=O) groups excluding carboxylic acids is 2. The van der Waals surface area contributed by atoms with E-state index in [9.17, 15) is 14.0 Å². The van der Waals surface area contributed by atoms with Crippen LogP contribution in [0.25, 0.3) is 11.3 Å². The van der Waals surface area contributed by atoms with Crippen LogP contribution in [0.15, 0.2) is 42.6 Å². The summed E-state index contributed by atoms with van der Waals surface area (Å²) in [5.74, 6) is -0.405. The molecule has 1 aliphatic rings. The molecule has 0 radical (unpaired) electrons. The Labute approximate surface area is 145 Å². The number of pyridine rings is 1. The molecule has 6 heteroatoms. The molecule has 2 aromatic rings. The van der Waals surface area contributed by atoms with Gasteiger partial charge in [-0.05, 0) is 37.1 Å². The Hall–Kier alpha value is -2.76. The quantitative estimate of drug-likeness (QED) is 0.909. The van der Waals surface area contributed by atoms with Gasteiger partial charge < -0.3 is 10.2 Å². The molecular weight excluding hydrogens is 321 g/mol. The van der Waals surface area contributed by atoms with Gasteiger partial charge in [-0.2, -0.15) is 0 Å². The number of carbonyl (C=O) groups is 2. The van der Waals surface area contributed by atoms with Crippen molar-refractivity contribution in [3.8, 4) is 11.3 Å². The van der Waals surface area contributed by atoms with Crippen molar-refractivity contribution in [3.05, 3.63) is 54.0 Å². The molecule has 1 aromatic heterocycles. The number of nitrogens with one attached hydrogen (secondary N) is 1. The van der Waals surface area contributed by atoms with Crippen LogP contribution in [0.3, 0.4) is 0 Å². The van der Waals surface area contributed by atoms with Gasteiger partial charge in [0.1, 0.15) is 5.82 Å². The number of piperidine rings is 1. The normalized spacial score (nSPS) is 14.4. The Kier molecular flexibility index (Phi) is 5.38. The van der Waals surface area contributed by atoms with E-state index in [0.717, 1.165) is 19.4 Å². The number of nitrogens with zero attached hydrogens (tertiary/aromatic N) is 2. The zero-order valence-electron chi connectivity index (χ0n) is 13.9. The third-order valence-corrected chi connectivity index (χ3v) is 4.23. The molecule has 0 aliphatic carbocycles. The fourth-order valence-electron chi connectivity index (χ4n) is 2.85. The first kappa shape index (κ1) is 17.1. The number of amides is 2. The van der Waals surface area contributed by atoms with Gasteiger partial charge in [0, 0.05) is 37.8 Å². The maximum absolute atomic E-state index is 13.3. The highest BCUT2D eigenvalue weighted by Crippen LogP contribution is 2.18. The number of hydrogen-bond acceptors (Lipinski definition) is 3. The monoisotopic (exact) mass is 341 g/mol. The van der Waals surface area contributed by atoms with Crippen molar-refractivity contribution < 1.29 is 14.0 Å². The van der Waals surface area contributed by atoms with E-state index < -0.39 is 0 Å². The third-order valence-electron chi connectivity index (χ3n) is 4.23. The molecule has 1 aromatic carbocycles. The zero-order chi connectivity index (χ0) is 17.6. The van der Waals surface area contributed by atoms with E-state index in [0.29, 0.717) is 36.3 Å². The van der Waals surface area contributed by atoms with Crippen LogP contribution in [0.5, 0.6) is 0 Å². The highest BCUT2D eigenvalue weighted by Gasteiger charge is 2.17. The lowest BCUT2D eigenvalue weighted by molar-refractivity contribution is -0.133. The summed E-state index contributed by atoms with van der Waals surface area (Å²) in [4.78, 5) is 29.9. The van der Waals surface area contributed by atoms with Crippen molar-refractivity contribution in [2.45, 2.75) is 19.3 Å². The smallest absolute Gasteiger partial charge is 0.252 e. The van der Waals surface area contributed by atoms with Crippen LogP contribution in [-0.2, 0) is 4.79 Å². The summed E-state index contributed by atoms with van der Waals surface area (Å²) in [6.07, 6.45) is 4.04. The predicted molar refractivity (Wildman–Crippen MR) is 92.4 cm³/mol. The van der Waals surface area contributed by atoms with Gasteiger partial charge >= 0.3 is 0 Å². The molecule has 130 valence electrons. The summed E-state index contributed by atoms with van der Waals surface area (Å²) in [7, 11) is 0. The van der Waals surface area contributed by atoms with Crippen LogP contribution >= 0.6 is 0 Å². The Morgan fingerprint density at radius 2 is 2.12 bits per heavy atom. The lowest BCUT2D eigenvalue weighted by Crippen LogP contribution is -2.41. The van der Waals surface area contributed by atoms with Crippen LogP contribution < -0.4 is 5.32 Å². The van der Waals surface area contributed by atoms with Gasteiger partial charge in [-0.15, -0.1) is 0 Å². The van der Waals surface area contributed by atoms with E-state index >= 15 is 0 Å². The highest BCUT2D eigenvalue weighted by atomic mass is 19.1. The Morgan fingerprint density at radius 3 is 2.84 bits per heavy atom. The number of aromatic nitrogens is 1. The van der Waals surface area contributed by atoms with Crippen LogP contribution in [0.1, 0.15) is 29.6 Å². The topological polar surface area (TPSA) is 62.3 Å². The number of hydrogen-bond donors (Lipinski definition) is 1. The first-order valence-electron chi connectivity index (χ1n) is 8.41. The molecule has 5 nitrogen and oxygen atoms in total. The standard InChI is InChI=1S/C19H20FN3O2/c20-16-5-3-4-14(12-16)17-8-7-15(13-22-17)19(25)21-9-11-23-10-2-1-6-18(23)24/h3-5,7-8,12-13H,1-2,6,9-11H2,(H,21,25). The number of likely N-dealkylation sites (tertiary alicyclic amines) is 1. The Bertz CT molecular complexity index is 762. The largest absolute Gasteiger partial charge is 0.350 e. The van der Waals surface area contributed by atoms with E-state index in [1.807, 2.05) is 0 Å². The van der Waals surface area contributed by atoms with E-state index in [1.54, 1.807) is 29.2 Å². The molecule has 0 spiro atoms. The molecule has 1 N–H and O–H groups in total. The summed E-state index contributed by atoms with van der Waals surface area (Å²) in [6.45, 7) is 1.70. The van der Waals surface area contributed by atoms with E-state index in [-0.39, 0.29) is 17.6 Å². The van der Waals surface area contributed by atoms with Crippen molar-refractivity contribution in [1.29, 1.82) is 0 Å². The van der Waals surface area contributed by atoms with Crippen LogP contribution in [0.2, 0.25) is 0 Å². The Balaban J connectivity index is 1.55. The summed E-state index contributed by atoms with van der Waals surface area (Å²) < 4.78 is 13.3. The van der Waals surface area contributed by atoms with Crippen LogP contribution in [0, 0.1) is 5.82 Å². The molecular formula is C19H20FN3O2. The first-order valence-corrected chi connectivity index (χ1v) is 8.41. The fourth-order valence-corrected chi connectivity index (χ4v) is 2.85. The second-order valence-electron chi connectivity index (χ2n) is 6.04. The number of rotatable bonds is 5. The Morgan fingerprint density at radius 1 is 1.24 bits per heavy atom. The first-order chi connectivity index (χ1) is 12.1. The van der Waals surface area contributed by atoms with Gasteiger partial charge in [0.15, 0.2) is 0 Å². The molecule has 0 saturated carbocycles. The minimum absolute atomic E-state index is 0.154. The average Bonchev–Trinajstić information content (AvgIpc) is 2.63. The van der Waals surface area contributed by atoms with Gasteiger partial charge in [0.2, 0.25) is 5.91 Å². The van der Waals surface area contributed by atoms with E-state index in [2.05, 4.69) is 10.3 Å². The molecule has 1 aliphatic heterocycles. The van der Waals surface area contributed by atoms with Gasteiger partial charge in [-0.1, -0.05) is 12.1 Å². The molecule has 1 saturated heterocycles. The van der Waals surface area contributed by atoms with Crippen molar-refractivity contribution in [1.82, 2.24) is 15.2 Å². The van der Waals surface area contributed by atoms with Crippen molar-refractivity contribution in [3.63, 3.8) is 0 Å². The second kappa shape index (κ2) is 7.88. The molecule has 0 bridgehead atoms. The number of benzene rings is 1. The molecule has 2 heterocycles. The van der Waals surface area contributed by atoms with Crippen molar-refractivity contribution in [2.24, 2.45) is 0 Å². The molecule has 0 atom stereocenters. The zero-order valence-corrected chi connectivity index (χ0v) is 13.9. The summed E-state index contributed by atoms with van der Waals surface area (Å²) in [5, 5.41) is 2.80. The minimum atomic E-state index is -0.326. The molecule has 0 unspecified atom stereocenters. The fraction of sp³-hybridized carbons (Fsp3) is 0.316. The van der Waals surface area contributed by atoms with Gasteiger partial charge in [-0.25, -0.2) is 4.39 Å². The maximum atomic E-state index is 13.3. The lowest BCUT2D eigenvalue weighted by atomic mass is 10.1. The lowest BCUT2D eigenvalue weighted by Gasteiger charge is -2.26. The predicted octanol–water partition coefficient (Wildman–Crippen LogP) is 2.63. The summed E-state index contributed by atoms with van der Waals surface area (Å²) in [5.41, 5.74) is 1.70. The maximum Gasteiger partial charge on any atom is 0.252 e. The highest BCUT2D eigenvalue weighted by molar-refractivity contribution is 5.94. The third kappa shape index (κ3) is 4.41. The summed E-state index contributed by atoms with van der Waals surface area (Å²) in [6, 6.07) is 9.51. The van der Waals surface area contributed by atoms with Gasteiger partial charge in [0.25, 0.3) is 5.91 Å². The van der Waals surface area contributed by atoms with Crippen molar-refractivity contribution >= 4 is 11.8 Å².